The third kappa shape index (κ3) is 6.04. The molecule has 0 bridgehead atoms. The van der Waals surface area contributed by atoms with E-state index >= 15 is 0 Å². The molecule has 0 aromatic heterocycles. The minimum absolute atomic E-state index is 0. The Bertz CT molecular complexity index is 593. The lowest BCUT2D eigenvalue weighted by Gasteiger charge is -2.21. The van der Waals surface area contributed by atoms with Crippen molar-refractivity contribution in [1.82, 2.24) is 4.90 Å². The summed E-state index contributed by atoms with van der Waals surface area (Å²) in [6, 6.07) is 15.6. The number of aliphatic hydroxyl groups excluding tert-OH is 1. The summed E-state index contributed by atoms with van der Waals surface area (Å²) in [4.78, 5) is 2.09. The van der Waals surface area contributed by atoms with E-state index in [9.17, 15) is 5.11 Å². The first-order valence-corrected chi connectivity index (χ1v) is 7.80. The molecule has 1 atom stereocenters. The van der Waals surface area contributed by atoms with Crippen LogP contribution in [-0.4, -0.2) is 30.2 Å². The Balaban J connectivity index is 0.00000264. The van der Waals surface area contributed by atoms with Crippen LogP contribution in [0.2, 0.25) is 5.02 Å². The van der Waals surface area contributed by atoms with Crippen molar-refractivity contribution in [2.75, 3.05) is 20.2 Å². The molecule has 2 aromatic carbocycles. The maximum absolute atomic E-state index is 10.4. The second kappa shape index (κ2) is 9.78. The molecule has 1 unspecified atom stereocenters. The number of rotatable bonds is 7. The minimum atomic E-state index is -0.582. The van der Waals surface area contributed by atoms with Crippen LogP contribution >= 0.6 is 24.0 Å². The van der Waals surface area contributed by atoms with E-state index < -0.39 is 6.10 Å². The smallest absolute Gasteiger partial charge is 0.137 e. The molecule has 5 heteroatoms. The lowest BCUT2D eigenvalue weighted by molar-refractivity contribution is 0.124. The van der Waals surface area contributed by atoms with Gasteiger partial charge in [-0.15, -0.1) is 12.4 Å². The van der Waals surface area contributed by atoms with Crippen molar-refractivity contribution in [3.05, 3.63) is 64.7 Å². The molecule has 0 aliphatic carbocycles. The van der Waals surface area contributed by atoms with Gasteiger partial charge in [0.1, 0.15) is 5.75 Å². The third-order valence-electron chi connectivity index (χ3n) is 3.42. The van der Waals surface area contributed by atoms with Gasteiger partial charge >= 0.3 is 0 Å². The summed E-state index contributed by atoms with van der Waals surface area (Å²) in [5.74, 6) is 0.651. The Morgan fingerprint density at radius 1 is 1.17 bits per heavy atom. The van der Waals surface area contributed by atoms with Crippen LogP contribution in [0.1, 0.15) is 24.2 Å². The van der Waals surface area contributed by atoms with Crippen LogP contribution in [0.15, 0.2) is 48.5 Å². The van der Waals surface area contributed by atoms with Gasteiger partial charge in [0.05, 0.1) is 17.7 Å². The van der Waals surface area contributed by atoms with E-state index in [2.05, 4.69) is 17.0 Å². The van der Waals surface area contributed by atoms with Gasteiger partial charge in [-0.25, -0.2) is 0 Å². The molecule has 2 rings (SSSR count). The Morgan fingerprint density at radius 2 is 1.87 bits per heavy atom. The quantitative estimate of drug-likeness (QED) is 0.802. The molecular weight excluding hydrogens is 333 g/mol. The average molecular weight is 356 g/mol. The lowest BCUT2D eigenvalue weighted by Crippen LogP contribution is -2.24. The molecule has 0 fully saturated rings. The SMILES string of the molecule is CCOc1ccc(C(O)CN(C)Cc2ccccc2)cc1Cl.Cl. The normalized spacial score (nSPS) is 11.9. The molecule has 0 aliphatic rings. The summed E-state index contributed by atoms with van der Waals surface area (Å²) >= 11 is 6.17. The van der Waals surface area contributed by atoms with Crippen LogP contribution in [0.5, 0.6) is 5.75 Å². The first kappa shape index (κ1) is 19.8. The van der Waals surface area contributed by atoms with Crippen molar-refractivity contribution in [2.45, 2.75) is 19.6 Å². The van der Waals surface area contributed by atoms with E-state index in [-0.39, 0.29) is 12.4 Å². The first-order chi connectivity index (χ1) is 10.6. The van der Waals surface area contributed by atoms with Gasteiger partial charge in [-0.1, -0.05) is 48.0 Å². The highest BCUT2D eigenvalue weighted by Gasteiger charge is 2.13. The zero-order valence-corrected chi connectivity index (χ0v) is 15.0. The molecule has 0 heterocycles. The molecule has 23 heavy (non-hydrogen) atoms. The molecule has 0 spiro atoms. The fourth-order valence-electron chi connectivity index (χ4n) is 2.36. The summed E-state index contributed by atoms with van der Waals surface area (Å²) in [5.41, 5.74) is 2.02. The van der Waals surface area contributed by atoms with E-state index in [0.29, 0.717) is 23.9 Å². The van der Waals surface area contributed by atoms with Crippen LogP contribution in [0, 0.1) is 0 Å². The van der Waals surface area contributed by atoms with Gasteiger partial charge in [0, 0.05) is 13.1 Å². The second-order valence-electron chi connectivity index (χ2n) is 5.32. The summed E-state index contributed by atoms with van der Waals surface area (Å²) in [6.45, 7) is 3.82. The molecule has 126 valence electrons. The second-order valence-corrected chi connectivity index (χ2v) is 5.73. The van der Waals surface area contributed by atoms with E-state index in [4.69, 9.17) is 16.3 Å². The summed E-state index contributed by atoms with van der Waals surface area (Å²) in [5, 5.41) is 10.9. The van der Waals surface area contributed by atoms with Crippen LogP contribution in [0.25, 0.3) is 0 Å². The maximum atomic E-state index is 10.4. The van der Waals surface area contributed by atoms with Crippen molar-refractivity contribution in [3.63, 3.8) is 0 Å². The Kier molecular flexibility index (Phi) is 8.42. The van der Waals surface area contributed by atoms with E-state index in [1.165, 1.54) is 5.56 Å². The number of halogens is 2. The molecule has 0 aliphatic heterocycles. The predicted octanol–water partition coefficient (Wildman–Crippen LogP) is 4.33. The van der Waals surface area contributed by atoms with Crippen molar-refractivity contribution in [1.29, 1.82) is 0 Å². The molecular formula is C18H23Cl2NO2. The maximum Gasteiger partial charge on any atom is 0.137 e. The summed E-state index contributed by atoms with van der Waals surface area (Å²) in [7, 11) is 1.99. The number of ether oxygens (including phenoxy) is 1. The number of aliphatic hydroxyl groups is 1. The molecule has 0 saturated heterocycles. The van der Waals surface area contributed by atoms with Crippen LogP contribution in [0.4, 0.5) is 0 Å². The Hall–Kier alpha value is -1.26. The molecule has 0 amide bonds. The van der Waals surface area contributed by atoms with Gasteiger partial charge in [-0.05, 0) is 37.2 Å². The summed E-state index contributed by atoms with van der Waals surface area (Å²) in [6.07, 6.45) is -0.582. The topological polar surface area (TPSA) is 32.7 Å². The largest absolute Gasteiger partial charge is 0.492 e. The molecule has 2 aromatic rings. The van der Waals surface area contributed by atoms with Crippen molar-refractivity contribution in [2.24, 2.45) is 0 Å². The summed E-state index contributed by atoms with van der Waals surface area (Å²) < 4.78 is 5.41. The monoisotopic (exact) mass is 355 g/mol. The van der Waals surface area contributed by atoms with Crippen LogP contribution in [0.3, 0.4) is 0 Å². The standard InChI is InChI=1S/C18H22ClNO2.ClH/c1-3-22-18-10-9-15(11-16(18)19)17(21)13-20(2)12-14-7-5-4-6-8-14;/h4-11,17,21H,3,12-13H2,1-2H3;1H. The van der Waals surface area contributed by atoms with Crippen molar-refractivity contribution in [3.8, 4) is 5.75 Å². The Morgan fingerprint density at radius 3 is 2.48 bits per heavy atom. The molecule has 3 nitrogen and oxygen atoms in total. The van der Waals surface area contributed by atoms with Gasteiger partial charge in [0.15, 0.2) is 0 Å². The number of hydrogen-bond acceptors (Lipinski definition) is 3. The van der Waals surface area contributed by atoms with E-state index in [1.54, 1.807) is 6.07 Å². The number of likely N-dealkylation sites (N-methyl/N-ethyl adjacent to an activating group) is 1. The Labute approximate surface area is 149 Å². The minimum Gasteiger partial charge on any atom is -0.492 e. The fraction of sp³-hybridized carbons (Fsp3) is 0.333. The zero-order valence-electron chi connectivity index (χ0n) is 13.4. The van der Waals surface area contributed by atoms with Crippen molar-refractivity contribution < 1.29 is 9.84 Å². The van der Waals surface area contributed by atoms with Gasteiger partial charge in [-0.2, -0.15) is 0 Å². The number of hydrogen-bond donors (Lipinski definition) is 1. The lowest BCUT2D eigenvalue weighted by atomic mass is 10.1. The first-order valence-electron chi connectivity index (χ1n) is 7.43. The number of benzene rings is 2. The zero-order chi connectivity index (χ0) is 15.9. The highest BCUT2D eigenvalue weighted by molar-refractivity contribution is 6.32. The molecule has 0 saturated carbocycles. The highest BCUT2D eigenvalue weighted by atomic mass is 35.5. The third-order valence-corrected chi connectivity index (χ3v) is 3.72. The van der Waals surface area contributed by atoms with E-state index in [0.717, 1.165) is 12.1 Å². The van der Waals surface area contributed by atoms with Gasteiger partial charge in [-0.3, -0.25) is 4.90 Å². The molecule has 1 N–H and O–H groups in total. The highest BCUT2D eigenvalue weighted by Crippen LogP contribution is 2.28. The van der Waals surface area contributed by atoms with Crippen molar-refractivity contribution >= 4 is 24.0 Å². The van der Waals surface area contributed by atoms with Crippen LogP contribution < -0.4 is 4.74 Å². The average Bonchev–Trinajstić information content (AvgIpc) is 2.50. The number of nitrogens with zero attached hydrogens (tertiary/aromatic N) is 1. The van der Waals surface area contributed by atoms with E-state index in [1.807, 2.05) is 44.3 Å². The fourth-order valence-corrected chi connectivity index (χ4v) is 2.60. The van der Waals surface area contributed by atoms with Gasteiger partial charge < -0.3 is 9.84 Å². The van der Waals surface area contributed by atoms with Gasteiger partial charge in [0.2, 0.25) is 0 Å². The van der Waals surface area contributed by atoms with Gasteiger partial charge in [0.25, 0.3) is 0 Å². The predicted molar refractivity (Wildman–Crippen MR) is 97.6 cm³/mol. The molecule has 0 radical (unpaired) electrons. The van der Waals surface area contributed by atoms with Crippen LogP contribution in [-0.2, 0) is 6.54 Å².